The molecule has 0 radical (unpaired) electrons. The molecule has 0 saturated heterocycles. The third-order valence-electron chi connectivity index (χ3n) is 2.84. The predicted molar refractivity (Wildman–Crippen MR) is 66.2 cm³/mol. The summed E-state index contributed by atoms with van der Waals surface area (Å²) in [6.07, 6.45) is 0. The molecule has 20 heavy (non-hydrogen) atoms. The molecule has 0 fully saturated rings. The van der Waals surface area contributed by atoms with E-state index in [0.717, 1.165) is 6.92 Å². The van der Waals surface area contributed by atoms with Gasteiger partial charge in [-0.15, -0.1) is 3.89 Å². The number of fused-ring (bicyclic) bond motifs is 1. The van der Waals surface area contributed by atoms with Crippen molar-refractivity contribution in [3.05, 3.63) is 35.4 Å². The summed E-state index contributed by atoms with van der Waals surface area (Å²) in [6.45, 7) is 0.0101. The molecule has 0 bridgehead atoms. The van der Waals surface area contributed by atoms with Gasteiger partial charge in [0, 0.05) is 0 Å². The van der Waals surface area contributed by atoms with Gasteiger partial charge in [0.25, 0.3) is 11.8 Å². The summed E-state index contributed by atoms with van der Waals surface area (Å²) >= 11 is 0. The number of benzene rings is 1. The van der Waals surface area contributed by atoms with Crippen molar-refractivity contribution in [3.63, 3.8) is 0 Å². The van der Waals surface area contributed by atoms with Crippen molar-refractivity contribution < 1.29 is 26.3 Å². The van der Waals surface area contributed by atoms with Crippen molar-refractivity contribution in [2.45, 2.75) is 12.6 Å². The Balaban J connectivity index is 2.25. The molecular weight excluding hydrogens is 292 g/mol. The first-order chi connectivity index (χ1) is 9.11. The van der Waals surface area contributed by atoms with Gasteiger partial charge >= 0.3 is 10.2 Å². The van der Waals surface area contributed by atoms with E-state index in [1.54, 1.807) is 12.1 Å². The fraction of sp³-hybridized carbons (Fsp3) is 0.333. The zero-order chi connectivity index (χ0) is 15.1. The SMILES string of the molecule is CC(F)(CN1C(=O)c2ccccc2C1=O)CS(=O)(=O)F. The van der Waals surface area contributed by atoms with Gasteiger partial charge in [0.15, 0.2) is 0 Å². The fourth-order valence-corrected chi connectivity index (χ4v) is 2.93. The molecule has 108 valence electrons. The van der Waals surface area contributed by atoms with Crippen LogP contribution in [0.2, 0.25) is 0 Å². The third kappa shape index (κ3) is 2.84. The lowest BCUT2D eigenvalue weighted by atomic mass is 10.1. The van der Waals surface area contributed by atoms with Gasteiger partial charge in [-0.2, -0.15) is 8.42 Å². The first-order valence-corrected chi connectivity index (χ1v) is 7.22. The van der Waals surface area contributed by atoms with Gasteiger partial charge in [-0.1, -0.05) is 12.1 Å². The summed E-state index contributed by atoms with van der Waals surface area (Å²) in [4.78, 5) is 24.5. The van der Waals surface area contributed by atoms with E-state index in [2.05, 4.69) is 0 Å². The molecule has 1 aliphatic rings. The number of alkyl halides is 1. The quantitative estimate of drug-likeness (QED) is 0.621. The summed E-state index contributed by atoms with van der Waals surface area (Å²) in [6, 6.07) is 5.93. The number of hydrogen-bond donors (Lipinski definition) is 0. The van der Waals surface area contributed by atoms with Crippen molar-refractivity contribution in [2.75, 3.05) is 12.3 Å². The normalized spacial score (nSPS) is 18.1. The number of imide groups is 1. The number of carbonyl (C=O) groups is 2. The molecule has 2 amide bonds. The molecule has 1 atom stereocenters. The van der Waals surface area contributed by atoms with Crippen LogP contribution in [0.3, 0.4) is 0 Å². The van der Waals surface area contributed by atoms with Gasteiger partial charge in [0.2, 0.25) is 0 Å². The van der Waals surface area contributed by atoms with E-state index < -0.39 is 40.0 Å². The van der Waals surface area contributed by atoms with Crippen molar-refractivity contribution in [1.82, 2.24) is 4.90 Å². The number of hydrogen-bond acceptors (Lipinski definition) is 4. The predicted octanol–water partition coefficient (Wildman–Crippen LogP) is 1.31. The van der Waals surface area contributed by atoms with Gasteiger partial charge in [-0.3, -0.25) is 14.5 Å². The maximum absolute atomic E-state index is 14.0. The monoisotopic (exact) mass is 303 g/mol. The zero-order valence-corrected chi connectivity index (χ0v) is 11.3. The lowest BCUT2D eigenvalue weighted by Crippen LogP contribution is -2.44. The molecule has 1 unspecified atom stereocenters. The van der Waals surface area contributed by atoms with Gasteiger partial charge in [0.05, 0.1) is 17.7 Å². The van der Waals surface area contributed by atoms with Crippen LogP contribution >= 0.6 is 0 Å². The first kappa shape index (κ1) is 14.6. The molecule has 0 spiro atoms. The van der Waals surface area contributed by atoms with Crippen LogP contribution in [0.25, 0.3) is 0 Å². The molecule has 0 N–H and O–H groups in total. The standard InChI is InChI=1S/C12H11F2NO4S/c1-12(13,7-20(14,18)19)6-15-10(16)8-4-2-3-5-9(8)11(15)17/h2-5H,6-7H2,1H3. The number of amides is 2. The molecule has 0 aliphatic carbocycles. The van der Waals surface area contributed by atoms with Crippen LogP contribution in [0.1, 0.15) is 27.6 Å². The molecule has 0 aromatic heterocycles. The Morgan fingerprint density at radius 2 is 1.60 bits per heavy atom. The van der Waals surface area contributed by atoms with Crippen molar-refractivity contribution in [3.8, 4) is 0 Å². The molecule has 1 aliphatic heterocycles. The molecule has 5 nitrogen and oxygen atoms in total. The van der Waals surface area contributed by atoms with Crippen LogP contribution in [0.5, 0.6) is 0 Å². The van der Waals surface area contributed by atoms with Crippen molar-refractivity contribution >= 4 is 22.0 Å². The number of carbonyl (C=O) groups excluding carboxylic acids is 2. The van der Waals surface area contributed by atoms with Crippen LogP contribution in [-0.2, 0) is 10.2 Å². The van der Waals surface area contributed by atoms with Crippen LogP contribution in [0.15, 0.2) is 24.3 Å². The molecule has 1 heterocycles. The topological polar surface area (TPSA) is 71.5 Å². The second-order valence-electron chi connectivity index (χ2n) is 4.84. The maximum atomic E-state index is 14.0. The van der Waals surface area contributed by atoms with Crippen LogP contribution in [-0.4, -0.2) is 43.1 Å². The minimum absolute atomic E-state index is 0.122. The van der Waals surface area contributed by atoms with Crippen molar-refractivity contribution in [2.24, 2.45) is 0 Å². The smallest absolute Gasteiger partial charge is 0.271 e. The highest BCUT2D eigenvalue weighted by atomic mass is 32.3. The lowest BCUT2D eigenvalue weighted by Gasteiger charge is -2.23. The minimum Gasteiger partial charge on any atom is -0.271 e. The highest BCUT2D eigenvalue weighted by molar-refractivity contribution is 7.86. The largest absolute Gasteiger partial charge is 0.305 e. The Morgan fingerprint density at radius 1 is 1.15 bits per heavy atom. The molecule has 2 rings (SSSR count). The van der Waals surface area contributed by atoms with E-state index in [1.807, 2.05) is 0 Å². The summed E-state index contributed by atoms with van der Waals surface area (Å²) in [5.41, 5.74) is -2.31. The van der Waals surface area contributed by atoms with Gasteiger partial charge < -0.3 is 0 Å². The van der Waals surface area contributed by atoms with E-state index in [9.17, 15) is 26.3 Å². The molecule has 8 heteroatoms. The van der Waals surface area contributed by atoms with Gasteiger partial charge in [-0.05, 0) is 19.1 Å². The third-order valence-corrected chi connectivity index (χ3v) is 3.79. The van der Waals surface area contributed by atoms with Crippen LogP contribution in [0.4, 0.5) is 8.28 Å². The average molecular weight is 303 g/mol. The van der Waals surface area contributed by atoms with E-state index in [4.69, 9.17) is 0 Å². The highest BCUT2D eigenvalue weighted by Gasteiger charge is 2.41. The Labute approximate surface area is 114 Å². The number of rotatable bonds is 4. The first-order valence-electron chi connectivity index (χ1n) is 5.67. The van der Waals surface area contributed by atoms with Gasteiger partial charge in [-0.25, -0.2) is 4.39 Å². The molecule has 1 aromatic carbocycles. The Kier molecular flexibility index (Phi) is 3.37. The second-order valence-corrected chi connectivity index (χ2v) is 6.20. The minimum atomic E-state index is -5.05. The maximum Gasteiger partial charge on any atom is 0.305 e. The Bertz CT molecular complexity index is 649. The van der Waals surface area contributed by atoms with E-state index in [1.165, 1.54) is 12.1 Å². The number of halogens is 2. The van der Waals surface area contributed by atoms with E-state index in [-0.39, 0.29) is 11.1 Å². The van der Waals surface area contributed by atoms with Crippen LogP contribution in [0, 0.1) is 0 Å². The van der Waals surface area contributed by atoms with Crippen LogP contribution < -0.4 is 0 Å². The summed E-state index contributed by atoms with van der Waals surface area (Å²) in [5.74, 6) is -2.84. The number of nitrogens with zero attached hydrogens (tertiary/aromatic N) is 1. The van der Waals surface area contributed by atoms with Crippen molar-refractivity contribution in [1.29, 1.82) is 0 Å². The van der Waals surface area contributed by atoms with E-state index >= 15 is 0 Å². The molecule has 0 saturated carbocycles. The zero-order valence-electron chi connectivity index (χ0n) is 10.5. The van der Waals surface area contributed by atoms with Gasteiger partial charge in [0.1, 0.15) is 11.4 Å². The van der Waals surface area contributed by atoms with E-state index in [0.29, 0.717) is 4.90 Å². The molecular formula is C12H11F2NO4S. The second kappa shape index (κ2) is 4.62. The fourth-order valence-electron chi connectivity index (χ4n) is 2.12. The summed E-state index contributed by atoms with van der Waals surface area (Å²) in [7, 11) is -5.05. The average Bonchev–Trinajstić information content (AvgIpc) is 2.52. The Hall–Kier alpha value is -1.83. The highest BCUT2D eigenvalue weighted by Crippen LogP contribution is 2.26. The summed E-state index contributed by atoms with van der Waals surface area (Å²) < 4.78 is 47.6. The Morgan fingerprint density at radius 3 is 2.00 bits per heavy atom. The lowest BCUT2D eigenvalue weighted by molar-refractivity contribution is 0.0549. The summed E-state index contributed by atoms with van der Waals surface area (Å²) in [5, 5.41) is 0. The molecule has 1 aromatic rings.